The number of hydrogen-bond acceptors (Lipinski definition) is 3. The number of aromatic nitrogens is 1. The molecule has 0 aliphatic rings. The van der Waals surface area contributed by atoms with Gasteiger partial charge in [0.1, 0.15) is 0 Å². The van der Waals surface area contributed by atoms with E-state index in [0.717, 1.165) is 10.9 Å². The van der Waals surface area contributed by atoms with Crippen LogP contribution in [0.5, 0.6) is 0 Å². The van der Waals surface area contributed by atoms with Gasteiger partial charge in [-0.2, -0.15) is 0 Å². The molecule has 18 heavy (non-hydrogen) atoms. The Labute approximate surface area is 105 Å². The lowest BCUT2D eigenvalue weighted by Gasteiger charge is -2.21. The van der Waals surface area contributed by atoms with Gasteiger partial charge >= 0.3 is 5.97 Å². The summed E-state index contributed by atoms with van der Waals surface area (Å²) < 4.78 is 4.74. The topological polar surface area (TPSA) is 59.2 Å². The molecule has 0 saturated carbocycles. The van der Waals surface area contributed by atoms with Crippen molar-refractivity contribution in [3.05, 3.63) is 46.2 Å². The van der Waals surface area contributed by atoms with Gasteiger partial charge in [0.15, 0.2) is 0 Å². The first kappa shape index (κ1) is 12.4. The third kappa shape index (κ3) is 1.90. The summed E-state index contributed by atoms with van der Waals surface area (Å²) in [5.74, 6) is -0.428. The molecule has 0 bridgehead atoms. The molecule has 94 valence electrons. The second kappa shape index (κ2) is 4.29. The minimum Gasteiger partial charge on any atom is -0.468 e. The van der Waals surface area contributed by atoms with Crippen LogP contribution >= 0.6 is 0 Å². The first-order valence-electron chi connectivity index (χ1n) is 5.68. The molecule has 0 atom stereocenters. The zero-order chi connectivity index (χ0) is 13.3. The van der Waals surface area contributed by atoms with Crippen molar-refractivity contribution in [1.82, 2.24) is 4.98 Å². The molecule has 2 rings (SSSR count). The molecule has 0 unspecified atom stereocenters. The summed E-state index contributed by atoms with van der Waals surface area (Å²) in [7, 11) is 1.32. The van der Waals surface area contributed by atoms with Crippen LogP contribution in [0.2, 0.25) is 0 Å². The van der Waals surface area contributed by atoms with Crippen molar-refractivity contribution < 1.29 is 9.53 Å². The summed E-state index contributed by atoms with van der Waals surface area (Å²) in [5.41, 5.74) is -0.0594. The predicted octanol–water partition coefficient (Wildman–Crippen LogP) is 1.98. The Morgan fingerprint density at radius 2 is 1.94 bits per heavy atom. The number of fused-ring (bicyclic) bond motifs is 1. The smallest absolute Gasteiger partial charge is 0.315 e. The second-order valence-electron chi connectivity index (χ2n) is 4.72. The summed E-state index contributed by atoms with van der Waals surface area (Å²) in [5, 5.41) is 0.893. The average molecular weight is 245 g/mol. The summed E-state index contributed by atoms with van der Waals surface area (Å²) in [6.07, 6.45) is 0. The Balaban J connectivity index is 2.68. The number of H-pyrrole nitrogens is 1. The quantitative estimate of drug-likeness (QED) is 0.823. The van der Waals surface area contributed by atoms with E-state index in [2.05, 4.69) is 4.98 Å². The molecular weight excluding hydrogens is 230 g/mol. The highest BCUT2D eigenvalue weighted by atomic mass is 16.5. The van der Waals surface area contributed by atoms with Gasteiger partial charge in [0.2, 0.25) is 0 Å². The standard InChI is InChI=1S/C14H15NO3/c1-14(2,13(17)18-3)10-8-9-6-4-5-7-11(9)15-12(10)16/h4-8H,1-3H3,(H,15,16). The van der Waals surface area contributed by atoms with Crippen LogP contribution < -0.4 is 5.56 Å². The summed E-state index contributed by atoms with van der Waals surface area (Å²) >= 11 is 0. The van der Waals surface area contributed by atoms with Crippen molar-refractivity contribution in [2.45, 2.75) is 19.3 Å². The van der Waals surface area contributed by atoms with E-state index in [9.17, 15) is 9.59 Å². The monoisotopic (exact) mass is 245 g/mol. The molecule has 0 aliphatic heterocycles. The molecule has 0 radical (unpaired) electrons. The molecule has 0 fully saturated rings. The number of rotatable bonds is 2. The van der Waals surface area contributed by atoms with Gasteiger partial charge in [-0.1, -0.05) is 18.2 Å². The van der Waals surface area contributed by atoms with E-state index < -0.39 is 11.4 Å². The van der Waals surface area contributed by atoms with E-state index >= 15 is 0 Å². The summed E-state index contributed by atoms with van der Waals surface area (Å²) in [4.78, 5) is 26.6. The van der Waals surface area contributed by atoms with Crippen LogP contribution in [0.1, 0.15) is 19.4 Å². The van der Waals surface area contributed by atoms with Gasteiger partial charge in [0.25, 0.3) is 5.56 Å². The highest BCUT2D eigenvalue weighted by Crippen LogP contribution is 2.23. The van der Waals surface area contributed by atoms with Crippen LogP contribution in [0.15, 0.2) is 35.1 Å². The lowest BCUT2D eigenvalue weighted by molar-refractivity contribution is -0.146. The largest absolute Gasteiger partial charge is 0.468 e. The number of benzene rings is 1. The van der Waals surface area contributed by atoms with Crippen molar-refractivity contribution in [3.63, 3.8) is 0 Å². The molecule has 0 amide bonds. The third-order valence-electron chi connectivity index (χ3n) is 3.12. The van der Waals surface area contributed by atoms with E-state index in [1.54, 1.807) is 19.9 Å². The Hall–Kier alpha value is -2.10. The Bertz CT molecular complexity index is 655. The normalized spacial score (nSPS) is 11.5. The maximum atomic E-state index is 12.0. The number of aromatic amines is 1. The number of carbonyl (C=O) groups is 1. The number of hydrogen-bond donors (Lipinski definition) is 1. The molecule has 1 aromatic carbocycles. The minimum atomic E-state index is -0.966. The maximum absolute atomic E-state index is 12.0. The molecular formula is C14H15NO3. The van der Waals surface area contributed by atoms with E-state index in [0.29, 0.717) is 5.56 Å². The van der Waals surface area contributed by atoms with Crippen molar-refractivity contribution in [2.24, 2.45) is 0 Å². The molecule has 0 aliphatic carbocycles. The van der Waals surface area contributed by atoms with Crippen molar-refractivity contribution >= 4 is 16.9 Å². The fourth-order valence-electron chi connectivity index (χ4n) is 1.98. The van der Waals surface area contributed by atoms with Gasteiger partial charge in [0.05, 0.1) is 12.5 Å². The van der Waals surface area contributed by atoms with E-state index in [1.807, 2.05) is 24.3 Å². The van der Waals surface area contributed by atoms with Gasteiger partial charge in [-0.25, -0.2) is 0 Å². The highest BCUT2D eigenvalue weighted by Gasteiger charge is 2.33. The van der Waals surface area contributed by atoms with Gasteiger partial charge in [0, 0.05) is 11.1 Å². The molecule has 1 heterocycles. The number of esters is 1. The average Bonchev–Trinajstić information content (AvgIpc) is 2.36. The SMILES string of the molecule is COC(=O)C(C)(C)c1cc2ccccc2[nH]c1=O. The van der Waals surface area contributed by atoms with Crippen molar-refractivity contribution in [1.29, 1.82) is 0 Å². The Morgan fingerprint density at radius 3 is 2.61 bits per heavy atom. The summed E-state index contributed by atoms with van der Waals surface area (Å²) in [6, 6.07) is 9.19. The zero-order valence-electron chi connectivity index (χ0n) is 10.6. The van der Waals surface area contributed by atoms with Crippen LogP contribution in [0, 0.1) is 0 Å². The van der Waals surface area contributed by atoms with E-state index in [4.69, 9.17) is 4.74 Å². The second-order valence-corrected chi connectivity index (χ2v) is 4.72. The Kier molecular flexibility index (Phi) is 2.95. The van der Waals surface area contributed by atoms with Gasteiger partial charge in [-0.05, 0) is 31.4 Å². The number of methoxy groups -OCH3 is 1. The van der Waals surface area contributed by atoms with Crippen molar-refractivity contribution in [2.75, 3.05) is 7.11 Å². The predicted molar refractivity (Wildman–Crippen MR) is 69.6 cm³/mol. The molecule has 2 aromatic rings. The van der Waals surface area contributed by atoms with Crippen molar-refractivity contribution in [3.8, 4) is 0 Å². The lowest BCUT2D eigenvalue weighted by Crippen LogP contribution is -2.35. The van der Waals surface area contributed by atoms with Gasteiger partial charge < -0.3 is 9.72 Å². The Morgan fingerprint density at radius 1 is 1.28 bits per heavy atom. The number of ether oxygens (including phenoxy) is 1. The number of nitrogens with one attached hydrogen (secondary N) is 1. The first-order chi connectivity index (χ1) is 8.46. The minimum absolute atomic E-state index is 0.260. The van der Waals surface area contributed by atoms with E-state index in [1.165, 1.54) is 7.11 Å². The first-order valence-corrected chi connectivity index (χ1v) is 5.68. The molecule has 0 spiro atoms. The summed E-state index contributed by atoms with van der Waals surface area (Å²) in [6.45, 7) is 3.36. The van der Waals surface area contributed by atoms with Gasteiger partial charge in [-0.3, -0.25) is 9.59 Å². The molecule has 4 nitrogen and oxygen atoms in total. The number of carbonyl (C=O) groups excluding carboxylic acids is 1. The van der Waals surface area contributed by atoms with Crippen LogP contribution in [-0.2, 0) is 14.9 Å². The number of para-hydroxylation sites is 1. The molecule has 4 heteroatoms. The molecule has 1 N–H and O–H groups in total. The van der Waals surface area contributed by atoms with Gasteiger partial charge in [-0.15, -0.1) is 0 Å². The van der Waals surface area contributed by atoms with E-state index in [-0.39, 0.29) is 5.56 Å². The van der Waals surface area contributed by atoms with Crippen LogP contribution in [0.3, 0.4) is 0 Å². The van der Waals surface area contributed by atoms with Crippen LogP contribution in [0.25, 0.3) is 10.9 Å². The third-order valence-corrected chi connectivity index (χ3v) is 3.12. The van der Waals surface area contributed by atoms with Crippen LogP contribution in [0.4, 0.5) is 0 Å². The van der Waals surface area contributed by atoms with Crippen LogP contribution in [-0.4, -0.2) is 18.1 Å². The fraction of sp³-hybridized carbons (Fsp3) is 0.286. The lowest BCUT2D eigenvalue weighted by atomic mass is 9.85. The molecule has 1 aromatic heterocycles. The maximum Gasteiger partial charge on any atom is 0.315 e. The molecule has 0 saturated heterocycles. The fourth-order valence-corrected chi connectivity index (χ4v) is 1.98. The highest BCUT2D eigenvalue weighted by molar-refractivity contribution is 5.85. The number of pyridine rings is 1. The zero-order valence-corrected chi connectivity index (χ0v) is 10.6.